The fourth-order valence-electron chi connectivity index (χ4n) is 7.54. The smallest absolute Gasteiger partial charge is 0.334 e. The van der Waals surface area contributed by atoms with Crippen LogP contribution in [0, 0.1) is 17.8 Å². The van der Waals surface area contributed by atoms with Crippen LogP contribution in [0.15, 0.2) is 22.8 Å². The summed E-state index contributed by atoms with van der Waals surface area (Å²) in [7, 11) is 0. The molecule has 0 aromatic rings. The Morgan fingerprint density at radius 1 is 1.26 bits per heavy atom. The Morgan fingerprint density at radius 3 is 2.66 bits per heavy atom. The summed E-state index contributed by atoms with van der Waals surface area (Å²) in [6.45, 7) is 11.4. The molecule has 6 aliphatic rings. The first-order valence-corrected chi connectivity index (χ1v) is 13.1. The molecule has 8 atom stereocenters. The van der Waals surface area contributed by atoms with E-state index in [2.05, 4.69) is 6.08 Å². The van der Waals surface area contributed by atoms with E-state index in [1.807, 2.05) is 34.6 Å². The van der Waals surface area contributed by atoms with Crippen molar-refractivity contribution in [1.29, 1.82) is 0 Å². The summed E-state index contributed by atoms with van der Waals surface area (Å²) in [6, 6.07) is 0. The number of fused-ring (bicyclic) bond motifs is 2. The Labute approximate surface area is 208 Å². The molecule has 3 heterocycles. The monoisotopic (exact) mass is 492 g/mol. The summed E-state index contributed by atoms with van der Waals surface area (Å²) in [6.07, 6.45) is 3.82. The van der Waals surface area contributed by atoms with Crippen LogP contribution in [0.1, 0.15) is 68.7 Å². The molecule has 196 valence electrons. The molecule has 4 fully saturated rings. The average Bonchev–Trinajstić information content (AvgIpc) is 3.69. The fraction of sp³-hybridized carbons (Fsp3) is 0.778. The van der Waals surface area contributed by atoms with Gasteiger partial charge in [-0.3, -0.25) is 4.79 Å². The maximum absolute atomic E-state index is 12.3. The van der Waals surface area contributed by atoms with E-state index in [1.165, 1.54) is 12.5 Å². The van der Waals surface area contributed by atoms with Crippen LogP contribution in [-0.2, 0) is 33.3 Å². The van der Waals surface area contributed by atoms with E-state index in [9.17, 15) is 14.7 Å². The number of epoxide rings is 2. The summed E-state index contributed by atoms with van der Waals surface area (Å²) in [5.74, 6) is -0.362. The maximum atomic E-state index is 12.3. The molecule has 2 saturated carbocycles. The summed E-state index contributed by atoms with van der Waals surface area (Å²) < 4.78 is 29.7. The summed E-state index contributed by atoms with van der Waals surface area (Å²) in [5, 5.41) is 11.9. The van der Waals surface area contributed by atoms with Crippen molar-refractivity contribution in [3.05, 3.63) is 22.8 Å². The van der Waals surface area contributed by atoms with E-state index >= 15 is 0 Å². The van der Waals surface area contributed by atoms with E-state index in [1.54, 1.807) is 0 Å². The maximum Gasteiger partial charge on any atom is 0.334 e. The average molecular weight is 493 g/mol. The minimum atomic E-state index is -1.19. The lowest BCUT2D eigenvalue weighted by atomic mass is 9.60. The molecule has 0 amide bonds. The third-order valence-electron chi connectivity index (χ3n) is 9.15. The van der Waals surface area contributed by atoms with Crippen LogP contribution < -0.4 is 0 Å². The number of hydrogen-bond donors (Lipinski definition) is 1. The Bertz CT molecular complexity index is 990. The highest BCUT2D eigenvalue weighted by molar-refractivity contribution is 5.92. The Balaban J connectivity index is 0.000000990. The quantitative estimate of drug-likeness (QED) is 0.275. The molecule has 3 aliphatic carbocycles. The first-order valence-electron chi connectivity index (χ1n) is 13.1. The van der Waals surface area contributed by atoms with Gasteiger partial charge in [-0.2, -0.15) is 0 Å². The van der Waals surface area contributed by atoms with E-state index in [0.29, 0.717) is 19.4 Å². The molecule has 0 radical (unpaired) electrons. The van der Waals surface area contributed by atoms with E-state index < -0.39 is 28.9 Å². The molecule has 0 aromatic heterocycles. The number of carbonyl (C=O) groups is 2. The molecule has 8 heteroatoms. The number of hydrogen-bond acceptors (Lipinski definition) is 8. The molecular weight excluding hydrogens is 452 g/mol. The minimum absolute atomic E-state index is 0. The number of aliphatic hydroxyl groups is 1. The molecule has 1 N–H and O–H groups in total. The SMILES string of the molecule is CC.CC=C1C2CCC3=C(COC3=O)C2CC2OC23[C@H](OCOC(C)=O)[C@](O)(C(C)C)C[C@@H]2O[C@@]123.[HH]. The number of allylic oxidation sites excluding steroid dienone is 1. The normalized spacial score (nSPS) is 45.7. The topological polar surface area (TPSA) is 107 Å². The first-order chi connectivity index (χ1) is 16.7. The van der Waals surface area contributed by atoms with Crippen LogP contribution in [0.2, 0.25) is 0 Å². The van der Waals surface area contributed by atoms with Gasteiger partial charge in [-0.05, 0) is 55.1 Å². The van der Waals surface area contributed by atoms with Crippen molar-refractivity contribution in [1.82, 2.24) is 0 Å². The molecule has 35 heavy (non-hydrogen) atoms. The Kier molecular flexibility index (Phi) is 5.98. The van der Waals surface area contributed by atoms with Crippen LogP contribution in [0.5, 0.6) is 0 Å². The number of carbonyl (C=O) groups excluding carboxylic acids is 2. The largest absolute Gasteiger partial charge is 0.458 e. The third kappa shape index (κ3) is 3.19. The molecule has 8 nitrogen and oxygen atoms in total. The predicted octanol–water partition coefficient (Wildman–Crippen LogP) is 3.46. The van der Waals surface area contributed by atoms with Gasteiger partial charge in [0.2, 0.25) is 0 Å². The predicted molar refractivity (Wildman–Crippen MR) is 127 cm³/mol. The molecule has 2 saturated heterocycles. The second-order valence-corrected chi connectivity index (χ2v) is 10.7. The van der Waals surface area contributed by atoms with Crippen molar-refractivity contribution in [2.75, 3.05) is 13.4 Å². The second-order valence-electron chi connectivity index (χ2n) is 10.7. The lowest BCUT2D eigenvalue weighted by Gasteiger charge is -2.47. The third-order valence-corrected chi connectivity index (χ3v) is 9.15. The molecule has 2 spiro atoms. The van der Waals surface area contributed by atoms with Gasteiger partial charge in [0.15, 0.2) is 18.0 Å². The highest BCUT2D eigenvalue weighted by Gasteiger charge is 2.90. The number of rotatable bonds is 4. The van der Waals surface area contributed by atoms with E-state index in [0.717, 1.165) is 24.0 Å². The van der Waals surface area contributed by atoms with Crippen LogP contribution in [-0.4, -0.2) is 65.6 Å². The van der Waals surface area contributed by atoms with Crippen molar-refractivity contribution in [3.8, 4) is 0 Å². The highest BCUT2D eigenvalue weighted by Crippen LogP contribution is 2.74. The minimum Gasteiger partial charge on any atom is -0.458 e. The Hall–Kier alpha value is -1.74. The van der Waals surface area contributed by atoms with E-state index in [4.69, 9.17) is 23.7 Å². The number of esters is 2. The summed E-state index contributed by atoms with van der Waals surface area (Å²) >= 11 is 0. The standard InChI is InChI=1S/C25H32O8.C2H6.H2/c1-5-18-14-6-7-15-17(10-29-21(15)27)16(14)8-19-25(32-19)22(31-11-30-13(4)26)23(28,12(2)3)9-20-24(18,25)33-20;1-2;/h5,12,14,16,19-20,22,28H,6-11H2,1-4H3;1-2H3;1H/t14?,16?,19?,20-,22+,23+,24-,25?;;/m0../s1. The molecular formula is C27H40O8. The van der Waals surface area contributed by atoms with Crippen molar-refractivity contribution in [3.63, 3.8) is 0 Å². The number of cyclic esters (lactones) is 1. The van der Waals surface area contributed by atoms with Gasteiger partial charge in [-0.25, -0.2) is 4.79 Å². The first kappa shape index (κ1) is 24.9. The van der Waals surface area contributed by atoms with Gasteiger partial charge in [0.1, 0.15) is 12.7 Å². The Morgan fingerprint density at radius 2 is 2.00 bits per heavy atom. The van der Waals surface area contributed by atoms with Gasteiger partial charge in [0.05, 0.1) is 17.8 Å². The van der Waals surface area contributed by atoms with Crippen molar-refractivity contribution >= 4 is 11.9 Å². The van der Waals surface area contributed by atoms with Crippen molar-refractivity contribution < 1.29 is 39.8 Å². The molecule has 0 aromatic carbocycles. The van der Waals surface area contributed by atoms with Gasteiger partial charge >= 0.3 is 11.9 Å². The van der Waals surface area contributed by atoms with Crippen molar-refractivity contribution in [2.24, 2.45) is 17.8 Å². The fourth-order valence-corrected chi connectivity index (χ4v) is 7.54. The summed E-state index contributed by atoms with van der Waals surface area (Å²) in [4.78, 5) is 23.7. The van der Waals surface area contributed by atoms with Gasteiger partial charge < -0.3 is 28.8 Å². The van der Waals surface area contributed by atoms with Crippen LogP contribution in [0.25, 0.3) is 0 Å². The zero-order chi connectivity index (χ0) is 25.3. The van der Waals surface area contributed by atoms with Gasteiger partial charge in [0, 0.05) is 20.3 Å². The van der Waals surface area contributed by atoms with Gasteiger partial charge in [-0.15, -0.1) is 0 Å². The van der Waals surface area contributed by atoms with Crippen LogP contribution >= 0.6 is 0 Å². The lowest BCUT2D eigenvalue weighted by molar-refractivity contribution is -0.215. The van der Waals surface area contributed by atoms with Crippen molar-refractivity contribution in [2.45, 2.75) is 102 Å². The molecule has 6 rings (SSSR count). The highest BCUT2D eigenvalue weighted by atomic mass is 16.7. The zero-order valence-corrected chi connectivity index (χ0v) is 21.6. The molecule has 4 unspecified atom stereocenters. The lowest BCUT2D eigenvalue weighted by Crippen LogP contribution is -2.66. The van der Waals surface area contributed by atoms with Gasteiger partial charge in [-0.1, -0.05) is 33.8 Å². The van der Waals surface area contributed by atoms with Crippen LogP contribution in [0.4, 0.5) is 0 Å². The van der Waals surface area contributed by atoms with E-state index in [-0.39, 0.29) is 44.2 Å². The van der Waals surface area contributed by atoms with Gasteiger partial charge in [0.25, 0.3) is 0 Å². The second kappa shape index (κ2) is 8.40. The summed E-state index contributed by atoms with van der Waals surface area (Å²) in [5.41, 5.74) is 0.428. The zero-order valence-electron chi connectivity index (χ0n) is 21.6. The van der Waals surface area contributed by atoms with Crippen LogP contribution in [0.3, 0.4) is 0 Å². The molecule has 3 aliphatic heterocycles. The molecule has 0 bridgehead atoms. The number of ether oxygens (including phenoxy) is 5.